The number of carbonyl (C=O) groups excluding carboxylic acids is 1. The van der Waals surface area contributed by atoms with Crippen LogP contribution in [0.1, 0.15) is 5.56 Å². The van der Waals surface area contributed by atoms with E-state index in [1.54, 1.807) is 12.1 Å². The Labute approximate surface area is 219 Å². The van der Waals surface area contributed by atoms with Crippen molar-refractivity contribution in [1.82, 2.24) is 9.55 Å². The summed E-state index contributed by atoms with van der Waals surface area (Å²) < 4.78 is 8.51. The minimum Gasteiger partial charge on any atom is -0.422 e. The molecule has 2 heterocycles. The molecule has 0 aliphatic carbocycles. The third-order valence-electron chi connectivity index (χ3n) is 5.33. The lowest BCUT2D eigenvalue weighted by molar-refractivity contribution is -0.113. The maximum atomic E-state index is 12.7. The maximum absolute atomic E-state index is 12.7. The van der Waals surface area contributed by atoms with Gasteiger partial charge in [-0.3, -0.25) is 9.36 Å². The van der Waals surface area contributed by atoms with Gasteiger partial charge in [-0.15, -0.1) is 0 Å². The number of fused-ring (bicyclic) bond motifs is 1. The molecule has 1 N–H and O–H groups in total. The summed E-state index contributed by atoms with van der Waals surface area (Å²) in [5, 5.41) is 4.35. The second-order valence-electron chi connectivity index (χ2n) is 7.95. The van der Waals surface area contributed by atoms with Crippen molar-refractivity contribution in [3.63, 3.8) is 0 Å². The molecule has 0 fully saturated rings. The van der Waals surface area contributed by atoms with E-state index in [9.17, 15) is 9.59 Å². The summed E-state index contributed by atoms with van der Waals surface area (Å²) in [6.07, 6.45) is 1.81. The number of carbonyl (C=O) groups is 1. The maximum Gasteiger partial charge on any atom is 0.345 e. The highest BCUT2D eigenvalue weighted by molar-refractivity contribution is 14.1. The Hall–Kier alpha value is -3.37. The van der Waals surface area contributed by atoms with Crippen molar-refractivity contribution in [2.24, 2.45) is 0 Å². The number of aromatic nitrogens is 2. The summed E-state index contributed by atoms with van der Waals surface area (Å²) in [4.78, 5) is 30.1. The van der Waals surface area contributed by atoms with Crippen LogP contribution in [0.2, 0.25) is 0 Å². The molecule has 5 aromatic rings. The first-order valence-electron chi connectivity index (χ1n) is 10.8. The highest BCUT2D eigenvalue weighted by Crippen LogP contribution is 2.28. The SMILES string of the molecule is Cc1cccc(NC(=O)CSc2nc(-c3cc4ccccc4oc3=O)cn2-c2ccc(I)cc2)c1. The number of benzene rings is 3. The molecule has 3 aromatic carbocycles. The van der Waals surface area contributed by atoms with E-state index in [2.05, 4.69) is 27.9 Å². The summed E-state index contributed by atoms with van der Waals surface area (Å²) in [5.74, 6) is 0.0331. The Morgan fingerprint density at radius 1 is 1.06 bits per heavy atom. The fraction of sp³-hybridized carbons (Fsp3) is 0.0741. The number of halogens is 1. The van der Waals surface area contributed by atoms with E-state index in [1.807, 2.05) is 84.4 Å². The van der Waals surface area contributed by atoms with Gasteiger partial charge in [0.15, 0.2) is 5.16 Å². The first-order chi connectivity index (χ1) is 17.0. The van der Waals surface area contributed by atoms with Gasteiger partial charge in [-0.2, -0.15) is 0 Å². The molecule has 2 aromatic heterocycles. The summed E-state index contributed by atoms with van der Waals surface area (Å²) in [6.45, 7) is 1.98. The molecule has 8 heteroatoms. The van der Waals surface area contributed by atoms with Gasteiger partial charge >= 0.3 is 5.63 Å². The molecule has 0 saturated carbocycles. The highest BCUT2D eigenvalue weighted by Gasteiger charge is 2.17. The number of rotatable bonds is 6. The zero-order chi connectivity index (χ0) is 24.4. The lowest BCUT2D eigenvalue weighted by Crippen LogP contribution is -2.14. The van der Waals surface area contributed by atoms with Gasteiger partial charge in [0.2, 0.25) is 5.91 Å². The molecule has 0 aliphatic rings. The molecule has 5 rings (SSSR count). The molecule has 0 spiro atoms. The van der Waals surface area contributed by atoms with Crippen molar-refractivity contribution in [2.75, 3.05) is 11.1 Å². The summed E-state index contributed by atoms with van der Waals surface area (Å²) >= 11 is 3.56. The van der Waals surface area contributed by atoms with E-state index in [-0.39, 0.29) is 11.7 Å². The minimum absolute atomic E-state index is 0.135. The van der Waals surface area contributed by atoms with E-state index in [0.29, 0.717) is 22.0 Å². The number of amides is 1. The smallest absolute Gasteiger partial charge is 0.345 e. The van der Waals surface area contributed by atoms with Crippen LogP contribution in [0, 0.1) is 10.5 Å². The van der Waals surface area contributed by atoms with Gasteiger partial charge in [-0.1, -0.05) is 42.1 Å². The molecule has 0 bridgehead atoms. The lowest BCUT2D eigenvalue weighted by Gasteiger charge is -2.08. The first kappa shape index (κ1) is 23.4. The van der Waals surface area contributed by atoms with Crippen LogP contribution in [-0.2, 0) is 4.79 Å². The quantitative estimate of drug-likeness (QED) is 0.142. The molecular formula is C27H20IN3O3S. The fourth-order valence-corrected chi connectivity index (χ4v) is 4.82. The molecule has 0 radical (unpaired) electrons. The third kappa shape index (κ3) is 5.33. The standard InChI is InChI=1S/C27H20IN3O3S/c1-17-5-4-7-20(13-17)29-25(32)16-35-27-30-23(15-31(27)21-11-9-19(28)10-12-21)22-14-18-6-2-3-8-24(18)34-26(22)33/h2-15H,16H2,1H3,(H,29,32). The number of imidazole rings is 1. The topological polar surface area (TPSA) is 77.1 Å². The van der Waals surface area contributed by atoms with Crippen LogP contribution in [0.3, 0.4) is 0 Å². The van der Waals surface area contributed by atoms with Crippen molar-refractivity contribution < 1.29 is 9.21 Å². The van der Waals surface area contributed by atoms with Crippen molar-refractivity contribution in [3.8, 4) is 16.9 Å². The van der Waals surface area contributed by atoms with Gasteiger partial charge in [0.25, 0.3) is 0 Å². The number of anilines is 1. The average Bonchev–Trinajstić information content (AvgIpc) is 3.27. The van der Waals surface area contributed by atoms with Crippen LogP contribution < -0.4 is 10.9 Å². The Kier molecular flexibility index (Phi) is 6.74. The molecule has 0 aliphatic heterocycles. The molecule has 174 valence electrons. The van der Waals surface area contributed by atoms with Gasteiger partial charge in [0, 0.05) is 26.5 Å². The third-order valence-corrected chi connectivity index (χ3v) is 7.00. The number of hydrogen-bond acceptors (Lipinski definition) is 5. The predicted molar refractivity (Wildman–Crippen MR) is 148 cm³/mol. The van der Waals surface area contributed by atoms with Crippen LogP contribution in [-0.4, -0.2) is 21.2 Å². The summed E-state index contributed by atoms with van der Waals surface area (Å²) in [7, 11) is 0. The van der Waals surface area contributed by atoms with Gasteiger partial charge < -0.3 is 9.73 Å². The van der Waals surface area contributed by atoms with Crippen molar-refractivity contribution in [1.29, 1.82) is 0 Å². The Morgan fingerprint density at radius 3 is 2.66 bits per heavy atom. The fourth-order valence-electron chi connectivity index (χ4n) is 3.67. The van der Waals surface area contributed by atoms with Gasteiger partial charge in [0.1, 0.15) is 5.58 Å². The molecular weight excluding hydrogens is 573 g/mol. The average molecular weight is 593 g/mol. The largest absolute Gasteiger partial charge is 0.422 e. The number of nitrogens with one attached hydrogen (secondary N) is 1. The second-order valence-corrected chi connectivity index (χ2v) is 10.1. The van der Waals surface area contributed by atoms with E-state index in [4.69, 9.17) is 9.40 Å². The lowest BCUT2D eigenvalue weighted by atomic mass is 10.1. The van der Waals surface area contributed by atoms with Gasteiger partial charge in [-0.25, -0.2) is 9.78 Å². The van der Waals surface area contributed by atoms with Crippen LogP contribution in [0.15, 0.2) is 99.4 Å². The summed E-state index contributed by atoms with van der Waals surface area (Å²) in [5.41, 5.74) is 3.65. The van der Waals surface area contributed by atoms with E-state index in [0.717, 1.165) is 25.9 Å². The van der Waals surface area contributed by atoms with Crippen LogP contribution in [0.5, 0.6) is 0 Å². The zero-order valence-corrected chi connectivity index (χ0v) is 21.7. The number of nitrogens with zero attached hydrogens (tertiary/aromatic N) is 2. The number of hydrogen-bond donors (Lipinski definition) is 1. The molecule has 0 unspecified atom stereocenters. The molecule has 6 nitrogen and oxygen atoms in total. The van der Waals surface area contributed by atoms with E-state index in [1.165, 1.54) is 11.8 Å². The van der Waals surface area contributed by atoms with Crippen molar-refractivity contribution in [2.45, 2.75) is 12.1 Å². The molecule has 1 amide bonds. The van der Waals surface area contributed by atoms with E-state index < -0.39 is 5.63 Å². The molecule has 0 saturated heterocycles. The first-order valence-corrected chi connectivity index (χ1v) is 12.9. The van der Waals surface area contributed by atoms with Gasteiger partial charge in [0.05, 0.1) is 17.0 Å². The minimum atomic E-state index is -0.454. The normalized spacial score (nSPS) is 11.0. The summed E-state index contributed by atoms with van der Waals surface area (Å²) in [6, 6.07) is 24.8. The Bertz CT molecular complexity index is 1590. The Morgan fingerprint density at radius 2 is 1.86 bits per heavy atom. The van der Waals surface area contributed by atoms with Gasteiger partial charge in [-0.05, 0) is 83.6 Å². The monoisotopic (exact) mass is 593 g/mol. The van der Waals surface area contributed by atoms with Crippen LogP contribution in [0.4, 0.5) is 5.69 Å². The number of thioether (sulfide) groups is 1. The van der Waals surface area contributed by atoms with Crippen LogP contribution in [0.25, 0.3) is 27.9 Å². The van der Waals surface area contributed by atoms with Crippen LogP contribution >= 0.6 is 34.4 Å². The van der Waals surface area contributed by atoms with Crippen molar-refractivity contribution in [3.05, 3.63) is 105 Å². The highest BCUT2D eigenvalue weighted by atomic mass is 127. The predicted octanol–water partition coefficient (Wildman–Crippen LogP) is 6.29. The zero-order valence-electron chi connectivity index (χ0n) is 18.7. The Balaban J connectivity index is 1.48. The molecule has 35 heavy (non-hydrogen) atoms. The van der Waals surface area contributed by atoms with E-state index >= 15 is 0 Å². The molecule has 0 atom stereocenters. The number of para-hydroxylation sites is 1. The van der Waals surface area contributed by atoms with Crippen molar-refractivity contribution >= 4 is 56.9 Å². The number of aryl methyl sites for hydroxylation is 1. The second kappa shape index (κ2) is 10.1.